The summed E-state index contributed by atoms with van der Waals surface area (Å²) in [6.07, 6.45) is 0.484. The molecule has 0 aliphatic rings. The van der Waals surface area contributed by atoms with Crippen molar-refractivity contribution >= 4 is 27.6 Å². The molecule has 4 heteroatoms. The normalized spacial score (nSPS) is 11.1. The second kappa shape index (κ2) is 7.31. The van der Waals surface area contributed by atoms with Crippen LogP contribution in [0.15, 0.2) is 65.5 Å². The molecule has 0 spiro atoms. The third-order valence-electron chi connectivity index (χ3n) is 5.32. The van der Waals surface area contributed by atoms with Gasteiger partial charge < -0.3 is 10.3 Å². The number of hydrogen-bond donors (Lipinski definition) is 2. The minimum atomic E-state index is -0.130. The highest BCUT2D eigenvalue weighted by Crippen LogP contribution is 2.19. The molecule has 2 N–H and O–H groups in total. The van der Waals surface area contributed by atoms with Gasteiger partial charge in [-0.05, 0) is 65.8 Å². The van der Waals surface area contributed by atoms with Crippen LogP contribution in [0, 0.1) is 13.8 Å². The summed E-state index contributed by atoms with van der Waals surface area (Å²) in [4.78, 5) is 27.9. The smallest absolute Gasteiger partial charge is 0.251 e. The number of aryl methyl sites for hydroxylation is 2. The number of rotatable bonds is 4. The molecule has 0 bridgehead atoms. The number of pyridine rings is 1. The van der Waals surface area contributed by atoms with Crippen molar-refractivity contribution < 1.29 is 4.79 Å². The molecule has 1 heterocycles. The fraction of sp³-hybridized carbons (Fsp3) is 0.167. The van der Waals surface area contributed by atoms with Gasteiger partial charge in [-0.15, -0.1) is 0 Å². The molecule has 4 aromatic rings. The van der Waals surface area contributed by atoms with Crippen molar-refractivity contribution in [3.05, 3.63) is 93.3 Å². The number of aromatic nitrogens is 1. The second-order valence-electron chi connectivity index (χ2n) is 7.16. The molecule has 0 radical (unpaired) electrons. The van der Waals surface area contributed by atoms with Crippen molar-refractivity contribution in [1.82, 2.24) is 10.3 Å². The van der Waals surface area contributed by atoms with E-state index < -0.39 is 0 Å². The molecule has 0 unspecified atom stereocenters. The number of benzene rings is 3. The molecular weight excluding hydrogens is 348 g/mol. The molecule has 1 amide bonds. The van der Waals surface area contributed by atoms with Gasteiger partial charge in [0.2, 0.25) is 0 Å². The Bertz CT molecular complexity index is 1250. The number of H-pyrrole nitrogens is 1. The van der Waals surface area contributed by atoms with Gasteiger partial charge in [-0.3, -0.25) is 9.59 Å². The predicted octanol–water partition coefficient (Wildman–Crippen LogP) is 4.27. The van der Waals surface area contributed by atoms with E-state index in [2.05, 4.69) is 16.4 Å². The Morgan fingerprint density at radius 2 is 1.68 bits per heavy atom. The van der Waals surface area contributed by atoms with Crippen LogP contribution in [0.2, 0.25) is 0 Å². The van der Waals surface area contributed by atoms with Crippen LogP contribution in [0.4, 0.5) is 0 Å². The van der Waals surface area contributed by atoms with Crippen LogP contribution >= 0.6 is 0 Å². The molecule has 0 atom stereocenters. The molecule has 3 aromatic carbocycles. The molecule has 4 rings (SSSR count). The Balaban J connectivity index is 1.48. The zero-order valence-corrected chi connectivity index (χ0v) is 16.0. The average molecular weight is 370 g/mol. The van der Waals surface area contributed by atoms with E-state index in [0.29, 0.717) is 24.1 Å². The molecule has 4 nitrogen and oxygen atoms in total. The number of hydrogen-bond acceptors (Lipinski definition) is 2. The van der Waals surface area contributed by atoms with E-state index in [1.165, 1.54) is 0 Å². The number of carbonyl (C=O) groups is 1. The molecule has 0 saturated heterocycles. The minimum Gasteiger partial charge on any atom is -0.352 e. The van der Waals surface area contributed by atoms with Gasteiger partial charge in [0.05, 0.1) is 5.52 Å². The molecule has 0 aliphatic heterocycles. The number of carbonyl (C=O) groups excluding carboxylic acids is 1. The standard InChI is InChI=1S/C24H22N2O2/c1-15-7-8-19-14-21(24(28)26-22(19)16(15)2)11-12-25-23(27)20-10-9-17-5-3-4-6-18(17)13-20/h3-10,13-14H,11-12H2,1-2H3,(H,25,27)(H,26,28). The van der Waals surface area contributed by atoms with E-state index in [9.17, 15) is 9.59 Å². The molecule has 0 aliphatic carbocycles. The lowest BCUT2D eigenvalue weighted by Gasteiger charge is -2.09. The molecule has 0 saturated carbocycles. The Kier molecular flexibility index (Phi) is 4.70. The summed E-state index contributed by atoms with van der Waals surface area (Å²) >= 11 is 0. The zero-order valence-electron chi connectivity index (χ0n) is 16.0. The van der Waals surface area contributed by atoms with Crippen LogP contribution in [0.5, 0.6) is 0 Å². The Morgan fingerprint density at radius 1 is 0.929 bits per heavy atom. The first-order chi connectivity index (χ1) is 13.5. The molecule has 1 aromatic heterocycles. The van der Waals surface area contributed by atoms with E-state index >= 15 is 0 Å². The first kappa shape index (κ1) is 18.0. The Morgan fingerprint density at radius 3 is 2.50 bits per heavy atom. The van der Waals surface area contributed by atoms with Crippen molar-refractivity contribution in [2.75, 3.05) is 6.54 Å². The highest BCUT2D eigenvalue weighted by molar-refractivity contribution is 5.98. The number of aromatic amines is 1. The van der Waals surface area contributed by atoms with Crippen molar-refractivity contribution in [1.29, 1.82) is 0 Å². The number of amides is 1. The average Bonchev–Trinajstić information content (AvgIpc) is 2.71. The van der Waals surface area contributed by atoms with Crippen LogP contribution in [0.3, 0.4) is 0 Å². The van der Waals surface area contributed by atoms with Crippen molar-refractivity contribution in [3.8, 4) is 0 Å². The highest BCUT2D eigenvalue weighted by atomic mass is 16.1. The monoisotopic (exact) mass is 370 g/mol. The van der Waals surface area contributed by atoms with Gasteiger partial charge in [-0.1, -0.05) is 42.5 Å². The van der Waals surface area contributed by atoms with Crippen LogP contribution in [0.25, 0.3) is 21.7 Å². The first-order valence-electron chi connectivity index (χ1n) is 9.42. The van der Waals surface area contributed by atoms with E-state index in [1.807, 2.05) is 68.4 Å². The third-order valence-corrected chi connectivity index (χ3v) is 5.32. The van der Waals surface area contributed by atoms with E-state index in [1.54, 1.807) is 0 Å². The van der Waals surface area contributed by atoms with Gasteiger partial charge in [-0.25, -0.2) is 0 Å². The maximum atomic E-state index is 12.5. The number of nitrogens with one attached hydrogen (secondary N) is 2. The summed E-state index contributed by atoms with van der Waals surface area (Å²) in [7, 11) is 0. The van der Waals surface area contributed by atoms with E-state index in [4.69, 9.17) is 0 Å². The summed E-state index contributed by atoms with van der Waals surface area (Å²) < 4.78 is 0. The van der Waals surface area contributed by atoms with Gasteiger partial charge in [0, 0.05) is 17.7 Å². The lowest BCUT2D eigenvalue weighted by Crippen LogP contribution is -2.27. The SMILES string of the molecule is Cc1ccc2cc(CCNC(=O)c3ccc4ccccc4c3)c(=O)[nH]c2c1C. The van der Waals surface area contributed by atoms with Gasteiger partial charge in [-0.2, -0.15) is 0 Å². The Labute approximate surface area is 163 Å². The lowest BCUT2D eigenvalue weighted by molar-refractivity contribution is 0.0954. The molecule has 140 valence electrons. The van der Waals surface area contributed by atoms with E-state index in [0.717, 1.165) is 32.8 Å². The first-order valence-corrected chi connectivity index (χ1v) is 9.42. The van der Waals surface area contributed by atoms with Crippen molar-refractivity contribution in [3.63, 3.8) is 0 Å². The minimum absolute atomic E-state index is 0.0962. The lowest BCUT2D eigenvalue weighted by atomic mass is 10.0. The summed E-state index contributed by atoms with van der Waals surface area (Å²) in [5.74, 6) is -0.130. The number of fused-ring (bicyclic) bond motifs is 2. The van der Waals surface area contributed by atoms with Crippen LogP contribution in [-0.4, -0.2) is 17.4 Å². The fourth-order valence-electron chi connectivity index (χ4n) is 3.50. The summed E-state index contributed by atoms with van der Waals surface area (Å²) in [5, 5.41) is 6.07. The molecule has 0 fully saturated rings. The molecule has 28 heavy (non-hydrogen) atoms. The zero-order chi connectivity index (χ0) is 19.7. The predicted molar refractivity (Wildman–Crippen MR) is 114 cm³/mol. The van der Waals surface area contributed by atoms with Crippen molar-refractivity contribution in [2.24, 2.45) is 0 Å². The maximum Gasteiger partial charge on any atom is 0.251 e. The van der Waals surface area contributed by atoms with Gasteiger partial charge in [0.15, 0.2) is 0 Å². The third kappa shape index (κ3) is 3.41. The van der Waals surface area contributed by atoms with Crippen LogP contribution in [0.1, 0.15) is 27.0 Å². The maximum absolute atomic E-state index is 12.5. The Hall–Kier alpha value is -3.40. The largest absolute Gasteiger partial charge is 0.352 e. The topological polar surface area (TPSA) is 62.0 Å². The van der Waals surface area contributed by atoms with Crippen LogP contribution < -0.4 is 10.9 Å². The molecular formula is C24H22N2O2. The summed E-state index contributed by atoms with van der Waals surface area (Å²) in [5.41, 5.74) is 4.33. The van der Waals surface area contributed by atoms with Crippen molar-refractivity contribution in [2.45, 2.75) is 20.3 Å². The fourth-order valence-corrected chi connectivity index (χ4v) is 3.50. The summed E-state index contributed by atoms with van der Waals surface area (Å²) in [6.45, 7) is 4.45. The van der Waals surface area contributed by atoms with Gasteiger partial charge in [0.25, 0.3) is 11.5 Å². The summed E-state index contributed by atoms with van der Waals surface area (Å²) in [6, 6.07) is 19.6. The van der Waals surface area contributed by atoms with Gasteiger partial charge in [0.1, 0.15) is 0 Å². The quantitative estimate of drug-likeness (QED) is 0.563. The second-order valence-corrected chi connectivity index (χ2v) is 7.16. The van der Waals surface area contributed by atoms with E-state index in [-0.39, 0.29) is 11.5 Å². The van der Waals surface area contributed by atoms with Crippen LogP contribution in [-0.2, 0) is 6.42 Å². The van der Waals surface area contributed by atoms with Gasteiger partial charge >= 0.3 is 0 Å². The highest BCUT2D eigenvalue weighted by Gasteiger charge is 2.09.